The standard InChI is InChI=1S/C13H18Br2N2OS/c1-3-9(2)16-4-6-17(7-5-16)13(18)10-8-11(14)19-12(10)15/h8-9H,3-7H2,1-2H3. The highest BCUT2D eigenvalue weighted by Gasteiger charge is 2.26. The predicted octanol–water partition coefficient (Wildman–Crippen LogP) is 3.83. The summed E-state index contributed by atoms with van der Waals surface area (Å²) < 4.78 is 1.90. The SMILES string of the molecule is CCC(C)N1CCN(C(=O)c2cc(Br)sc2Br)CC1. The van der Waals surface area contributed by atoms with Crippen LogP contribution in [0.3, 0.4) is 0 Å². The Kier molecular flexibility index (Phi) is 5.45. The van der Waals surface area contributed by atoms with Crippen LogP contribution in [0, 0.1) is 0 Å². The van der Waals surface area contributed by atoms with Gasteiger partial charge in [0.2, 0.25) is 0 Å². The van der Waals surface area contributed by atoms with Crippen LogP contribution in [-0.2, 0) is 0 Å². The number of carbonyl (C=O) groups excluding carboxylic acids is 1. The largest absolute Gasteiger partial charge is 0.336 e. The lowest BCUT2D eigenvalue weighted by molar-refractivity contribution is 0.0579. The van der Waals surface area contributed by atoms with Gasteiger partial charge < -0.3 is 4.90 Å². The third kappa shape index (κ3) is 3.60. The Balaban J connectivity index is 1.98. The molecule has 106 valence electrons. The maximum Gasteiger partial charge on any atom is 0.255 e. The van der Waals surface area contributed by atoms with Gasteiger partial charge >= 0.3 is 0 Å². The van der Waals surface area contributed by atoms with Gasteiger partial charge in [-0.2, -0.15) is 0 Å². The van der Waals surface area contributed by atoms with Gasteiger partial charge in [0.25, 0.3) is 5.91 Å². The molecule has 2 heterocycles. The topological polar surface area (TPSA) is 23.6 Å². The number of thiophene rings is 1. The fourth-order valence-corrected chi connectivity index (χ4v) is 5.06. The molecule has 1 saturated heterocycles. The fraction of sp³-hybridized carbons (Fsp3) is 0.615. The van der Waals surface area contributed by atoms with Gasteiger partial charge in [-0.25, -0.2) is 0 Å². The normalized spacial score (nSPS) is 18.6. The minimum absolute atomic E-state index is 0.137. The average Bonchev–Trinajstić information content (AvgIpc) is 2.76. The first-order valence-electron chi connectivity index (χ1n) is 6.51. The van der Waals surface area contributed by atoms with Crippen LogP contribution in [0.4, 0.5) is 0 Å². The van der Waals surface area contributed by atoms with Crippen molar-refractivity contribution in [3.05, 3.63) is 19.2 Å². The van der Waals surface area contributed by atoms with Crippen molar-refractivity contribution < 1.29 is 4.79 Å². The van der Waals surface area contributed by atoms with E-state index in [4.69, 9.17) is 0 Å². The highest BCUT2D eigenvalue weighted by Crippen LogP contribution is 2.32. The lowest BCUT2D eigenvalue weighted by Crippen LogP contribution is -2.51. The monoisotopic (exact) mass is 408 g/mol. The first kappa shape index (κ1) is 15.5. The highest BCUT2D eigenvalue weighted by molar-refractivity contribution is 9.12. The Morgan fingerprint density at radius 1 is 1.37 bits per heavy atom. The number of carbonyl (C=O) groups is 1. The lowest BCUT2D eigenvalue weighted by atomic mass is 10.2. The van der Waals surface area contributed by atoms with E-state index in [1.807, 2.05) is 11.0 Å². The second kappa shape index (κ2) is 6.70. The van der Waals surface area contributed by atoms with Crippen LogP contribution < -0.4 is 0 Å². The average molecular weight is 410 g/mol. The van der Waals surface area contributed by atoms with Crippen molar-refractivity contribution in [3.63, 3.8) is 0 Å². The lowest BCUT2D eigenvalue weighted by Gasteiger charge is -2.37. The highest BCUT2D eigenvalue weighted by atomic mass is 79.9. The van der Waals surface area contributed by atoms with Gasteiger partial charge in [-0.05, 0) is 51.3 Å². The Morgan fingerprint density at radius 2 is 2.00 bits per heavy atom. The van der Waals surface area contributed by atoms with Crippen molar-refractivity contribution >= 4 is 49.1 Å². The summed E-state index contributed by atoms with van der Waals surface area (Å²) in [5.41, 5.74) is 0.772. The van der Waals surface area contributed by atoms with Gasteiger partial charge in [-0.1, -0.05) is 6.92 Å². The third-order valence-corrected chi connectivity index (χ3v) is 6.04. The van der Waals surface area contributed by atoms with E-state index < -0.39 is 0 Å². The van der Waals surface area contributed by atoms with Crippen molar-refractivity contribution in [2.24, 2.45) is 0 Å². The molecule has 0 bridgehead atoms. The van der Waals surface area contributed by atoms with E-state index in [1.165, 1.54) is 0 Å². The second-order valence-corrected chi connectivity index (χ2v) is 8.57. The maximum absolute atomic E-state index is 12.4. The number of piperazine rings is 1. The van der Waals surface area contributed by atoms with E-state index >= 15 is 0 Å². The zero-order valence-electron chi connectivity index (χ0n) is 11.2. The number of amides is 1. The molecule has 2 rings (SSSR count). The van der Waals surface area contributed by atoms with Crippen molar-refractivity contribution in [1.29, 1.82) is 0 Å². The molecule has 0 N–H and O–H groups in total. The van der Waals surface area contributed by atoms with Gasteiger partial charge in [0, 0.05) is 32.2 Å². The molecule has 3 nitrogen and oxygen atoms in total. The molecule has 1 aromatic heterocycles. The van der Waals surface area contributed by atoms with Crippen molar-refractivity contribution in [2.45, 2.75) is 26.3 Å². The predicted molar refractivity (Wildman–Crippen MR) is 86.9 cm³/mol. The summed E-state index contributed by atoms with van der Waals surface area (Å²) in [4.78, 5) is 16.9. The van der Waals surface area contributed by atoms with Gasteiger partial charge in [0.15, 0.2) is 0 Å². The van der Waals surface area contributed by atoms with E-state index in [0.717, 1.165) is 45.7 Å². The Morgan fingerprint density at radius 3 is 2.47 bits per heavy atom. The molecule has 19 heavy (non-hydrogen) atoms. The maximum atomic E-state index is 12.4. The Labute approximate surface area is 135 Å². The molecule has 1 aliphatic rings. The molecule has 1 aromatic rings. The molecule has 1 aliphatic heterocycles. The number of nitrogens with zero attached hydrogens (tertiary/aromatic N) is 2. The van der Waals surface area contributed by atoms with Gasteiger partial charge in [0.05, 0.1) is 13.1 Å². The Hall–Kier alpha value is 0.0900. The minimum Gasteiger partial charge on any atom is -0.336 e. The molecular weight excluding hydrogens is 392 g/mol. The molecule has 1 unspecified atom stereocenters. The van der Waals surface area contributed by atoms with Gasteiger partial charge in [-0.15, -0.1) is 11.3 Å². The van der Waals surface area contributed by atoms with Crippen LogP contribution in [0.1, 0.15) is 30.6 Å². The first-order chi connectivity index (χ1) is 9.02. The minimum atomic E-state index is 0.137. The number of halogens is 2. The quantitative estimate of drug-likeness (QED) is 0.757. The molecule has 0 radical (unpaired) electrons. The summed E-state index contributed by atoms with van der Waals surface area (Å²) in [7, 11) is 0. The molecule has 0 aromatic carbocycles. The zero-order valence-corrected chi connectivity index (χ0v) is 15.1. The van der Waals surface area contributed by atoms with Crippen molar-refractivity contribution in [2.75, 3.05) is 26.2 Å². The number of hydrogen-bond donors (Lipinski definition) is 0. The van der Waals surface area contributed by atoms with E-state index in [-0.39, 0.29) is 5.91 Å². The first-order valence-corrected chi connectivity index (χ1v) is 8.91. The van der Waals surface area contributed by atoms with E-state index in [1.54, 1.807) is 11.3 Å². The molecule has 6 heteroatoms. The molecule has 0 spiro atoms. The summed E-state index contributed by atoms with van der Waals surface area (Å²) in [6.45, 7) is 8.06. The van der Waals surface area contributed by atoms with Crippen LogP contribution in [0.25, 0.3) is 0 Å². The van der Waals surface area contributed by atoms with Crippen LogP contribution in [0.15, 0.2) is 13.6 Å². The van der Waals surface area contributed by atoms with Crippen LogP contribution >= 0.6 is 43.2 Å². The summed E-state index contributed by atoms with van der Waals surface area (Å²) in [6.07, 6.45) is 1.16. The summed E-state index contributed by atoms with van der Waals surface area (Å²) in [5, 5.41) is 0. The summed E-state index contributed by atoms with van der Waals surface area (Å²) in [6, 6.07) is 2.51. The summed E-state index contributed by atoms with van der Waals surface area (Å²) >= 11 is 8.43. The van der Waals surface area contributed by atoms with E-state index in [0.29, 0.717) is 6.04 Å². The van der Waals surface area contributed by atoms with E-state index in [9.17, 15) is 4.79 Å². The third-order valence-electron chi connectivity index (χ3n) is 3.70. The van der Waals surface area contributed by atoms with Gasteiger partial charge in [-0.3, -0.25) is 9.69 Å². The summed E-state index contributed by atoms with van der Waals surface area (Å²) in [5.74, 6) is 0.137. The molecule has 1 fully saturated rings. The molecule has 1 amide bonds. The van der Waals surface area contributed by atoms with Crippen molar-refractivity contribution in [1.82, 2.24) is 9.80 Å². The zero-order chi connectivity index (χ0) is 14.0. The molecule has 1 atom stereocenters. The van der Waals surface area contributed by atoms with Crippen LogP contribution in [0.5, 0.6) is 0 Å². The Bertz CT molecular complexity index is 455. The smallest absolute Gasteiger partial charge is 0.255 e. The number of rotatable bonds is 3. The fourth-order valence-electron chi connectivity index (χ4n) is 2.28. The van der Waals surface area contributed by atoms with Crippen LogP contribution in [0.2, 0.25) is 0 Å². The molecular formula is C13H18Br2N2OS. The van der Waals surface area contributed by atoms with Crippen molar-refractivity contribution in [3.8, 4) is 0 Å². The second-order valence-electron chi connectivity index (χ2n) is 4.82. The number of hydrogen-bond acceptors (Lipinski definition) is 3. The van der Waals surface area contributed by atoms with Crippen LogP contribution in [-0.4, -0.2) is 47.9 Å². The van der Waals surface area contributed by atoms with Gasteiger partial charge in [0.1, 0.15) is 0 Å². The van der Waals surface area contributed by atoms with E-state index in [2.05, 4.69) is 50.6 Å². The molecule has 0 aliphatic carbocycles. The molecule has 0 saturated carbocycles.